The topological polar surface area (TPSA) is 84.7 Å². The van der Waals surface area contributed by atoms with Crippen LogP contribution in [-0.4, -0.2) is 42.0 Å². The van der Waals surface area contributed by atoms with E-state index in [9.17, 15) is 19.3 Å². The number of aryl methyl sites for hydroxylation is 1. The fourth-order valence-corrected chi connectivity index (χ4v) is 3.16. The number of nitrogens with one attached hydrogen (secondary N) is 1. The predicted molar refractivity (Wildman–Crippen MR) is 103 cm³/mol. The monoisotopic (exact) mass is 387 g/mol. The number of ether oxygens (including phenoxy) is 1. The van der Waals surface area contributed by atoms with E-state index < -0.39 is 4.92 Å². The maximum Gasteiger partial charge on any atom is 0.269 e. The highest BCUT2D eigenvalue weighted by Crippen LogP contribution is 2.23. The number of nitrogens with zero attached hydrogens (tertiary/aromatic N) is 2. The summed E-state index contributed by atoms with van der Waals surface area (Å²) in [6, 6.07) is 10.6. The Morgan fingerprint density at radius 3 is 2.75 bits per heavy atom. The van der Waals surface area contributed by atoms with Crippen molar-refractivity contribution in [1.82, 2.24) is 4.90 Å². The van der Waals surface area contributed by atoms with Crippen LogP contribution >= 0.6 is 0 Å². The lowest BCUT2D eigenvalue weighted by atomic mass is 10.1. The van der Waals surface area contributed by atoms with E-state index in [0.717, 1.165) is 12.1 Å². The number of nitro groups is 1. The molecule has 3 rings (SSSR count). The van der Waals surface area contributed by atoms with Crippen LogP contribution in [0.25, 0.3) is 0 Å². The van der Waals surface area contributed by atoms with Crippen molar-refractivity contribution in [3.63, 3.8) is 0 Å². The molecule has 7 nitrogen and oxygen atoms in total. The van der Waals surface area contributed by atoms with Crippen molar-refractivity contribution in [2.45, 2.75) is 19.4 Å². The molecule has 1 unspecified atom stereocenters. The summed E-state index contributed by atoms with van der Waals surface area (Å²) in [7, 11) is 0. The molecule has 0 aliphatic carbocycles. The fraction of sp³-hybridized carbons (Fsp3) is 0.350. The second-order valence-corrected chi connectivity index (χ2v) is 6.77. The van der Waals surface area contributed by atoms with Crippen molar-refractivity contribution in [2.24, 2.45) is 0 Å². The molecule has 1 amide bonds. The predicted octanol–water partition coefficient (Wildman–Crippen LogP) is 3.44. The molecule has 0 radical (unpaired) electrons. The third-order valence-electron chi connectivity index (χ3n) is 4.74. The van der Waals surface area contributed by atoms with Gasteiger partial charge in [-0.05, 0) is 36.2 Å². The maximum atomic E-state index is 13.1. The van der Waals surface area contributed by atoms with Gasteiger partial charge >= 0.3 is 0 Å². The van der Waals surface area contributed by atoms with Gasteiger partial charge in [0.05, 0.1) is 17.6 Å². The Bertz CT molecular complexity index is 857. The average Bonchev–Trinajstić information content (AvgIpc) is 2.68. The molecule has 2 aromatic rings. The first-order chi connectivity index (χ1) is 13.4. The molecule has 1 aliphatic heterocycles. The number of amides is 1. The highest BCUT2D eigenvalue weighted by molar-refractivity contribution is 5.91. The summed E-state index contributed by atoms with van der Waals surface area (Å²) >= 11 is 0. The number of morpholine rings is 1. The smallest absolute Gasteiger partial charge is 0.269 e. The molecule has 1 aliphatic rings. The normalized spacial score (nSPS) is 17.3. The summed E-state index contributed by atoms with van der Waals surface area (Å²) < 4.78 is 18.8. The van der Waals surface area contributed by atoms with Crippen LogP contribution in [0, 0.1) is 22.9 Å². The van der Waals surface area contributed by atoms with Crippen LogP contribution in [0.3, 0.4) is 0 Å². The zero-order chi connectivity index (χ0) is 20.1. The summed E-state index contributed by atoms with van der Waals surface area (Å²) in [6.45, 7) is 4.19. The molecule has 1 heterocycles. The minimum absolute atomic E-state index is 0.00403. The Morgan fingerprint density at radius 1 is 1.32 bits per heavy atom. The number of halogens is 1. The lowest BCUT2D eigenvalue weighted by Crippen LogP contribution is -2.39. The number of hydrogen-bond donors (Lipinski definition) is 1. The fourth-order valence-electron chi connectivity index (χ4n) is 3.16. The standard InChI is InChI=1S/C20H22FN3O4/c1-14-12-17(24(26)27)6-7-18(14)22-20(25)8-9-23-10-11-28-19(13-23)15-2-4-16(21)5-3-15/h2-7,12,19H,8-11,13H2,1H3,(H,22,25). The van der Waals surface area contributed by atoms with E-state index in [2.05, 4.69) is 10.2 Å². The molecular formula is C20H22FN3O4. The van der Waals surface area contributed by atoms with Crippen LogP contribution in [0.5, 0.6) is 0 Å². The summed E-state index contributed by atoms with van der Waals surface area (Å²) in [5.74, 6) is -0.434. The number of rotatable bonds is 6. The molecule has 1 fully saturated rings. The van der Waals surface area contributed by atoms with E-state index in [1.807, 2.05) is 0 Å². The van der Waals surface area contributed by atoms with Gasteiger partial charge in [-0.3, -0.25) is 19.8 Å². The van der Waals surface area contributed by atoms with Crippen molar-refractivity contribution in [2.75, 3.05) is 31.6 Å². The van der Waals surface area contributed by atoms with E-state index in [1.165, 1.54) is 24.3 Å². The number of non-ortho nitro benzene ring substituents is 1. The van der Waals surface area contributed by atoms with Crippen molar-refractivity contribution in [1.29, 1.82) is 0 Å². The molecule has 2 aromatic carbocycles. The van der Waals surface area contributed by atoms with Crippen LogP contribution in [-0.2, 0) is 9.53 Å². The van der Waals surface area contributed by atoms with Crippen molar-refractivity contribution >= 4 is 17.3 Å². The van der Waals surface area contributed by atoms with Gasteiger partial charge in [-0.2, -0.15) is 0 Å². The van der Waals surface area contributed by atoms with Gasteiger partial charge in [0, 0.05) is 43.9 Å². The highest BCUT2D eigenvalue weighted by atomic mass is 19.1. The van der Waals surface area contributed by atoms with Gasteiger partial charge in [-0.15, -0.1) is 0 Å². The van der Waals surface area contributed by atoms with Crippen LogP contribution < -0.4 is 5.32 Å². The van der Waals surface area contributed by atoms with Gasteiger partial charge in [0.1, 0.15) is 5.82 Å². The van der Waals surface area contributed by atoms with E-state index in [4.69, 9.17) is 4.74 Å². The van der Waals surface area contributed by atoms with Crippen molar-refractivity contribution in [3.8, 4) is 0 Å². The maximum absolute atomic E-state index is 13.1. The summed E-state index contributed by atoms with van der Waals surface area (Å²) in [4.78, 5) is 24.7. The number of carbonyl (C=O) groups is 1. The largest absolute Gasteiger partial charge is 0.371 e. The molecule has 1 atom stereocenters. The van der Waals surface area contributed by atoms with Gasteiger partial charge in [0.15, 0.2) is 0 Å². The molecule has 28 heavy (non-hydrogen) atoms. The number of hydrogen-bond acceptors (Lipinski definition) is 5. The second-order valence-electron chi connectivity index (χ2n) is 6.77. The van der Waals surface area contributed by atoms with Gasteiger partial charge < -0.3 is 10.1 Å². The Balaban J connectivity index is 1.51. The molecule has 0 bridgehead atoms. The van der Waals surface area contributed by atoms with E-state index in [-0.39, 0.29) is 23.5 Å². The molecule has 8 heteroatoms. The van der Waals surface area contributed by atoms with Crippen molar-refractivity contribution in [3.05, 3.63) is 69.5 Å². The van der Waals surface area contributed by atoms with E-state index >= 15 is 0 Å². The number of benzene rings is 2. The van der Waals surface area contributed by atoms with E-state index in [1.54, 1.807) is 25.1 Å². The summed E-state index contributed by atoms with van der Waals surface area (Å²) in [5.41, 5.74) is 2.12. The second kappa shape index (κ2) is 8.90. The molecule has 0 aromatic heterocycles. The molecule has 1 N–H and O–H groups in total. The van der Waals surface area contributed by atoms with Crippen LogP contribution in [0.4, 0.5) is 15.8 Å². The first-order valence-electron chi connectivity index (χ1n) is 9.06. The summed E-state index contributed by atoms with van der Waals surface area (Å²) in [6.07, 6.45) is 0.154. The van der Waals surface area contributed by atoms with Gasteiger partial charge in [0.25, 0.3) is 5.69 Å². The van der Waals surface area contributed by atoms with Gasteiger partial charge in [-0.25, -0.2) is 4.39 Å². The molecule has 0 spiro atoms. The summed E-state index contributed by atoms with van der Waals surface area (Å²) in [5, 5.41) is 13.6. The number of carbonyl (C=O) groups excluding carboxylic acids is 1. The van der Waals surface area contributed by atoms with Crippen LogP contribution in [0.2, 0.25) is 0 Å². The Kier molecular flexibility index (Phi) is 6.33. The minimum atomic E-state index is -0.464. The van der Waals surface area contributed by atoms with Crippen LogP contribution in [0.1, 0.15) is 23.7 Å². The number of nitro benzene ring substituents is 1. The van der Waals surface area contributed by atoms with Gasteiger partial charge in [0.2, 0.25) is 5.91 Å². The Labute approximate surface area is 162 Å². The third-order valence-corrected chi connectivity index (χ3v) is 4.74. The molecular weight excluding hydrogens is 365 g/mol. The Hall–Kier alpha value is -2.84. The number of anilines is 1. The lowest BCUT2D eigenvalue weighted by molar-refractivity contribution is -0.384. The SMILES string of the molecule is Cc1cc([N+](=O)[O-])ccc1NC(=O)CCN1CCOC(c2ccc(F)cc2)C1. The van der Waals surface area contributed by atoms with Crippen LogP contribution in [0.15, 0.2) is 42.5 Å². The zero-order valence-corrected chi connectivity index (χ0v) is 15.6. The quantitative estimate of drug-likeness (QED) is 0.606. The van der Waals surface area contributed by atoms with Crippen molar-refractivity contribution < 1.29 is 18.8 Å². The lowest BCUT2D eigenvalue weighted by Gasteiger charge is -2.33. The zero-order valence-electron chi connectivity index (χ0n) is 15.6. The third kappa shape index (κ3) is 5.11. The first kappa shape index (κ1) is 19.9. The van der Waals surface area contributed by atoms with E-state index in [0.29, 0.717) is 37.4 Å². The highest BCUT2D eigenvalue weighted by Gasteiger charge is 2.22. The molecule has 0 saturated carbocycles. The average molecular weight is 387 g/mol. The molecule has 1 saturated heterocycles. The van der Waals surface area contributed by atoms with Gasteiger partial charge in [-0.1, -0.05) is 12.1 Å². The minimum Gasteiger partial charge on any atom is -0.371 e. The Morgan fingerprint density at radius 2 is 2.07 bits per heavy atom. The molecule has 148 valence electrons. The first-order valence-corrected chi connectivity index (χ1v) is 9.06.